The van der Waals surface area contributed by atoms with Crippen LogP contribution in [0.15, 0.2) is 57.9 Å². The molecule has 0 unspecified atom stereocenters. The number of aromatic nitrogens is 1. The van der Waals surface area contributed by atoms with Crippen molar-refractivity contribution in [3.8, 4) is 0 Å². The van der Waals surface area contributed by atoms with Gasteiger partial charge in [-0.25, -0.2) is 4.79 Å². The van der Waals surface area contributed by atoms with Gasteiger partial charge in [-0.1, -0.05) is 29.4 Å². The van der Waals surface area contributed by atoms with Crippen LogP contribution in [0.3, 0.4) is 0 Å². The molecule has 1 heterocycles. The summed E-state index contributed by atoms with van der Waals surface area (Å²) in [5.74, 6) is 0.577. The lowest BCUT2D eigenvalue weighted by atomic mass is 10.0. The van der Waals surface area contributed by atoms with E-state index in [0.29, 0.717) is 16.9 Å². The van der Waals surface area contributed by atoms with E-state index in [1.54, 1.807) is 18.2 Å². The van der Waals surface area contributed by atoms with Gasteiger partial charge in [0, 0.05) is 22.3 Å². The van der Waals surface area contributed by atoms with Gasteiger partial charge >= 0.3 is 5.97 Å². The number of nitrogens with zero attached hydrogens (tertiary/aromatic N) is 1. The number of hydrogen-bond donors (Lipinski definition) is 0. The van der Waals surface area contributed by atoms with Crippen LogP contribution in [0.2, 0.25) is 0 Å². The van der Waals surface area contributed by atoms with Crippen LogP contribution >= 0.6 is 11.8 Å². The van der Waals surface area contributed by atoms with Gasteiger partial charge in [-0.3, -0.25) is 4.79 Å². The first kappa shape index (κ1) is 19.9. The van der Waals surface area contributed by atoms with Crippen molar-refractivity contribution >= 4 is 23.5 Å². The van der Waals surface area contributed by atoms with E-state index in [1.165, 1.54) is 11.8 Å². The van der Waals surface area contributed by atoms with Crippen LogP contribution in [0.25, 0.3) is 0 Å². The third kappa shape index (κ3) is 4.89. The molecule has 144 valence electrons. The standard InChI is InChI=1S/C22H21NO4S/c1-14-8-9-17(10-15(14)2)20(24)12-26-22(25)19-6-4-5-7-21(19)28-13-18-11-16(3)27-23-18/h4-11H,12-13H2,1-3H3. The highest BCUT2D eigenvalue weighted by molar-refractivity contribution is 7.98. The number of hydrogen-bond acceptors (Lipinski definition) is 6. The summed E-state index contributed by atoms with van der Waals surface area (Å²) in [7, 11) is 0. The predicted molar refractivity (Wildman–Crippen MR) is 108 cm³/mol. The van der Waals surface area contributed by atoms with Crippen LogP contribution in [0.1, 0.15) is 43.3 Å². The number of ether oxygens (including phenoxy) is 1. The van der Waals surface area contributed by atoms with Gasteiger partial charge in [-0.15, -0.1) is 11.8 Å². The minimum absolute atomic E-state index is 0.223. The van der Waals surface area contributed by atoms with Gasteiger partial charge in [0.2, 0.25) is 0 Å². The SMILES string of the molecule is Cc1cc(CSc2ccccc2C(=O)OCC(=O)c2ccc(C)c(C)c2)no1. The molecule has 0 saturated heterocycles. The summed E-state index contributed by atoms with van der Waals surface area (Å²) in [5, 5.41) is 3.96. The minimum atomic E-state index is -0.517. The van der Waals surface area contributed by atoms with Crippen LogP contribution in [0.5, 0.6) is 0 Å². The first-order valence-electron chi connectivity index (χ1n) is 8.85. The van der Waals surface area contributed by atoms with Gasteiger partial charge in [-0.2, -0.15) is 0 Å². The highest BCUT2D eigenvalue weighted by atomic mass is 32.2. The summed E-state index contributed by atoms with van der Waals surface area (Å²) >= 11 is 1.47. The van der Waals surface area contributed by atoms with E-state index in [-0.39, 0.29) is 12.4 Å². The van der Waals surface area contributed by atoms with Crippen molar-refractivity contribution in [1.82, 2.24) is 5.16 Å². The van der Waals surface area contributed by atoms with Gasteiger partial charge < -0.3 is 9.26 Å². The van der Waals surface area contributed by atoms with Crippen molar-refractivity contribution in [3.63, 3.8) is 0 Å². The molecule has 0 N–H and O–H groups in total. The van der Waals surface area contributed by atoms with Gasteiger partial charge in [0.05, 0.1) is 11.3 Å². The molecule has 0 aliphatic heterocycles. The molecule has 0 amide bonds. The fourth-order valence-electron chi connectivity index (χ4n) is 2.61. The average molecular weight is 395 g/mol. The summed E-state index contributed by atoms with van der Waals surface area (Å²) in [5.41, 5.74) is 3.92. The number of Topliss-reactive ketones (excluding diaryl/α,β-unsaturated/α-hetero) is 1. The molecule has 0 radical (unpaired) electrons. The van der Waals surface area contributed by atoms with E-state index < -0.39 is 5.97 Å². The van der Waals surface area contributed by atoms with Crippen LogP contribution in [0, 0.1) is 20.8 Å². The second-order valence-electron chi connectivity index (χ2n) is 6.51. The second kappa shape index (κ2) is 8.89. The zero-order valence-electron chi connectivity index (χ0n) is 16.0. The van der Waals surface area contributed by atoms with Gasteiger partial charge in [0.15, 0.2) is 12.4 Å². The Bertz CT molecular complexity index is 1010. The smallest absolute Gasteiger partial charge is 0.339 e. The molecule has 3 aromatic rings. The lowest BCUT2D eigenvalue weighted by molar-refractivity contribution is 0.0471. The zero-order chi connectivity index (χ0) is 20.1. The third-order valence-corrected chi connectivity index (χ3v) is 5.43. The van der Waals surface area contributed by atoms with Crippen molar-refractivity contribution in [2.75, 3.05) is 6.61 Å². The van der Waals surface area contributed by atoms with Crippen LogP contribution in [0.4, 0.5) is 0 Å². The van der Waals surface area contributed by atoms with Crippen molar-refractivity contribution in [3.05, 3.63) is 82.2 Å². The number of esters is 1. The van der Waals surface area contributed by atoms with Crippen molar-refractivity contribution in [1.29, 1.82) is 0 Å². The summed E-state index contributed by atoms with van der Waals surface area (Å²) < 4.78 is 10.3. The predicted octanol–water partition coefficient (Wildman–Crippen LogP) is 4.93. The lowest BCUT2D eigenvalue weighted by Crippen LogP contribution is -2.15. The molecule has 1 aromatic heterocycles. The number of carbonyl (C=O) groups is 2. The average Bonchev–Trinajstić information content (AvgIpc) is 3.11. The summed E-state index contributed by atoms with van der Waals surface area (Å²) in [6.07, 6.45) is 0. The van der Waals surface area contributed by atoms with E-state index in [1.807, 2.05) is 51.1 Å². The Morgan fingerprint density at radius 2 is 1.82 bits per heavy atom. The number of aryl methyl sites for hydroxylation is 3. The normalized spacial score (nSPS) is 10.7. The Morgan fingerprint density at radius 1 is 1.04 bits per heavy atom. The highest BCUT2D eigenvalue weighted by Gasteiger charge is 2.16. The summed E-state index contributed by atoms with van der Waals surface area (Å²) in [6, 6.07) is 14.5. The van der Waals surface area contributed by atoms with Crippen molar-refractivity contribution < 1.29 is 18.8 Å². The molecule has 0 bridgehead atoms. The van der Waals surface area contributed by atoms with Gasteiger partial charge in [-0.05, 0) is 50.1 Å². The summed E-state index contributed by atoms with van der Waals surface area (Å²) in [6.45, 7) is 5.47. The fraction of sp³-hybridized carbons (Fsp3) is 0.227. The molecule has 2 aromatic carbocycles. The quantitative estimate of drug-likeness (QED) is 0.321. The number of benzene rings is 2. The Kier molecular flexibility index (Phi) is 6.31. The Labute approximate surface area is 168 Å². The van der Waals surface area contributed by atoms with E-state index in [4.69, 9.17) is 9.26 Å². The molecule has 0 atom stereocenters. The molecule has 28 heavy (non-hydrogen) atoms. The molecule has 3 rings (SSSR count). The van der Waals surface area contributed by atoms with Gasteiger partial charge in [0.25, 0.3) is 0 Å². The third-order valence-electron chi connectivity index (χ3n) is 4.32. The van der Waals surface area contributed by atoms with Crippen molar-refractivity contribution in [2.24, 2.45) is 0 Å². The molecule has 0 fully saturated rings. The van der Waals surface area contributed by atoms with E-state index in [2.05, 4.69) is 5.16 Å². The molecule has 0 aliphatic rings. The molecule has 0 spiro atoms. The van der Waals surface area contributed by atoms with E-state index in [0.717, 1.165) is 27.5 Å². The highest BCUT2D eigenvalue weighted by Crippen LogP contribution is 2.26. The minimum Gasteiger partial charge on any atom is -0.454 e. The molecular formula is C22H21NO4S. The maximum Gasteiger partial charge on any atom is 0.339 e. The molecule has 0 saturated carbocycles. The topological polar surface area (TPSA) is 69.4 Å². The Balaban J connectivity index is 1.63. The first-order chi connectivity index (χ1) is 13.4. The van der Waals surface area contributed by atoms with Gasteiger partial charge in [0.1, 0.15) is 5.76 Å². The van der Waals surface area contributed by atoms with Crippen LogP contribution < -0.4 is 0 Å². The van der Waals surface area contributed by atoms with Crippen LogP contribution in [-0.4, -0.2) is 23.5 Å². The number of rotatable bonds is 7. The monoisotopic (exact) mass is 395 g/mol. The molecule has 0 aliphatic carbocycles. The molecule has 6 heteroatoms. The fourth-order valence-corrected chi connectivity index (χ4v) is 3.53. The van der Waals surface area contributed by atoms with E-state index >= 15 is 0 Å². The second-order valence-corrected chi connectivity index (χ2v) is 7.53. The van der Waals surface area contributed by atoms with Crippen molar-refractivity contribution in [2.45, 2.75) is 31.4 Å². The first-order valence-corrected chi connectivity index (χ1v) is 9.84. The Hall–Kier alpha value is -2.86. The summed E-state index contributed by atoms with van der Waals surface area (Å²) in [4.78, 5) is 25.6. The van der Waals surface area contributed by atoms with Crippen LogP contribution in [-0.2, 0) is 10.5 Å². The number of carbonyl (C=O) groups excluding carboxylic acids is 2. The molecular weight excluding hydrogens is 374 g/mol. The number of ketones is 1. The number of thioether (sulfide) groups is 1. The lowest BCUT2D eigenvalue weighted by Gasteiger charge is -2.09. The van der Waals surface area contributed by atoms with E-state index in [9.17, 15) is 9.59 Å². The maximum absolute atomic E-state index is 12.5. The molecule has 5 nitrogen and oxygen atoms in total. The zero-order valence-corrected chi connectivity index (χ0v) is 16.8. The Morgan fingerprint density at radius 3 is 2.54 bits per heavy atom. The largest absolute Gasteiger partial charge is 0.454 e. The maximum atomic E-state index is 12.5.